The van der Waals surface area contributed by atoms with Crippen molar-refractivity contribution < 1.29 is 8.42 Å². The van der Waals surface area contributed by atoms with Crippen molar-refractivity contribution in [2.75, 3.05) is 17.2 Å². The molecule has 118 valence electrons. The first-order valence-electron chi connectivity index (χ1n) is 7.39. The van der Waals surface area contributed by atoms with Gasteiger partial charge in [-0.15, -0.1) is 11.8 Å². The number of nitrogens with two attached hydrogens (primary N) is 1. The number of thioether (sulfide) groups is 1. The van der Waals surface area contributed by atoms with Gasteiger partial charge >= 0.3 is 0 Å². The van der Waals surface area contributed by atoms with Crippen molar-refractivity contribution in [1.29, 1.82) is 0 Å². The van der Waals surface area contributed by atoms with E-state index >= 15 is 0 Å². The van der Waals surface area contributed by atoms with Gasteiger partial charge in [0.1, 0.15) is 0 Å². The molecule has 0 aliphatic heterocycles. The van der Waals surface area contributed by atoms with Crippen LogP contribution in [0, 0.1) is 0 Å². The van der Waals surface area contributed by atoms with Crippen LogP contribution in [0.3, 0.4) is 0 Å². The molecule has 0 bridgehead atoms. The zero-order chi connectivity index (χ0) is 15.3. The predicted octanol–water partition coefficient (Wildman–Crippen LogP) is 3.00. The molecule has 0 radical (unpaired) electrons. The van der Waals surface area contributed by atoms with Gasteiger partial charge in [0.25, 0.3) is 0 Å². The van der Waals surface area contributed by atoms with Crippen LogP contribution < -0.4 is 10.5 Å². The summed E-state index contributed by atoms with van der Waals surface area (Å²) in [5.41, 5.74) is 6.10. The molecule has 2 rings (SSSR count). The van der Waals surface area contributed by atoms with E-state index in [1.54, 1.807) is 11.8 Å². The van der Waals surface area contributed by atoms with E-state index in [-0.39, 0.29) is 11.3 Å². The van der Waals surface area contributed by atoms with E-state index in [0.29, 0.717) is 5.75 Å². The summed E-state index contributed by atoms with van der Waals surface area (Å²) in [5, 5.41) is 0. The van der Waals surface area contributed by atoms with E-state index in [1.807, 2.05) is 31.2 Å². The second kappa shape index (κ2) is 7.03. The summed E-state index contributed by atoms with van der Waals surface area (Å²) in [6, 6.07) is 7.50. The smallest absolute Gasteiger partial charge is 0.212 e. The maximum atomic E-state index is 12.2. The van der Waals surface area contributed by atoms with E-state index in [9.17, 15) is 8.42 Å². The SMILES string of the molecule is CC1(NS(=O)(=O)CCSc2ccc(N)cc2)CCCCC1. The van der Waals surface area contributed by atoms with Crippen LogP contribution in [-0.2, 0) is 10.0 Å². The van der Waals surface area contributed by atoms with Crippen LogP contribution in [0.5, 0.6) is 0 Å². The first-order valence-corrected chi connectivity index (χ1v) is 10.0. The van der Waals surface area contributed by atoms with Crippen molar-refractivity contribution in [3.05, 3.63) is 24.3 Å². The molecule has 1 aliphatic carbocycles. The summed E-state index contributed by atoms with van der Waals surface area (Å²) in [5.74, 6) is 0.701. The van der Waals surface area contributed by atoms with Crippen molar-refractivity contribution >= 4 is 27.5 Å². The quantitative estimate of drug-likeness (QED) is 0.622. The Labute approximate surface area is 131 Å². The molecular weight excluding hydrogens is 304 g/mol. The zero-order valence-electron chi connectivity index (χ0n) is 12.5. The topological polar surface area (TPSA) is 72.2 Å². The van der Waals surface area contributed by atoms with Crippen molar-refractivity contribution in [3.8, 4) is 0 Å². The van der Waals surface area contributed by atoms with E-state index in [0.717, 1.165) is 36.3 Å². The van der Waals surface area contributed by atoms with E-state index < -0.39 is 10.0 Å². The lowest BCUT2D eigenvalue weighted by molar-refractivity contribution is 0.294. The Morgan fingerprint density at radius 3 is 2.43 bits per heavy atom. The lowest BCUT2D eigenvalue weighted by Crippen LogP contribution is -2.48. The number of anilines is 1. The molecule has 0 amide bonds. The van der Waals surface area contributed by atoms with Gasteiger partial charge in [0.2, 0.25) is 10.0 Å². The van der Waals surface area contributed by atoms with Crippen molar-refractivity contribution in [2.45, 2.75) is 49.5 Å². The average Bonchev–Trinajstić information content (AvgIpc) is 2.40. The summed E-state index contributed by atoms with van der Waals surface area (Å²) in [6.07, 6.45) is 5.32. The van der Waals surface area contributed by atoms with Gasteiger partial charge in [-0.05, 0) is 44.0 Å². The van der Waals surface area contributed by atoms with Gasteiger partial charge in [0.05, 0.1) is 5.75 Å². The molecule has 1 aliphatic rings. The summed E-state index contributed by atoms with van der Waals surface area (Å²) < 4.78 is 27.3. The van der Waals surface area contributed by atoms with E-state index in [2.05, 4.69) is 4.72 Å². The predicted molar refractivity (Wildman–Crippen MR) is 90.0 cm³/mol. The molecule has 0 heterocycles. The number of hydrogen-bond acceptors (Lipinski definition) is 4. The molecule has 6 heteroatoms. The van der Waals surface area contributed by atoms with Crippen LogP contribution in [-0.4, -0.2) is 25.5 Å². The van der Waals surface area contributed by atoms with Crippen LogP contribution in [0.2, 0.25) is 0 Å². The monoisotopic (exact) mass is 328 g/mol. The fourth-order valence-electron chi connectivity index (χ4n) is 2.69. The minimum atomic E-state index is -3.21. The second-order valence-corrected chi connectivity index (χ2v) is 8.97. The summed E-state index contributed by atoms with van der Waals surface area (Å²) in [7, 11) is -3.21. The Bertz CT molecular complexity index is 550. The molecule has 1 fully saturated rings. The molecule has 21 heavy (non-hydrogen) atoms. The molecule has 1 aromatic carbocycles. The Morgan fingerprint density at radius 2 is 1.81 bits per heavy atom. The standard InChI is InChI=1S/C15H24N2O2S2/c1-15(9-3-2-4-10-15)17-21(18,19)12-11-20-14-7-5-13(16)6-8-14/h5-8,17H,2-4,9-12,16H2,1H3. The highest BCUT2D eigenvalue weighted by Crippen LogP contribution is 2.28. The molecule has 0 unspecified atom stereocenters. The van der Waals surface area contributed by atoms with Gasteiger partial charge < -0.3 is 5.73 Å². The second-order valence-electron chi connectivity index (χ2n) is 5.96. The minimum Gasteiger partial charge on any atom is -0.399 e. The number of sulfonamides is 1. The largest absolute Gasteiger partial charge is 0.399 e. The van der Waals surface area contributed by atoms with Crippen molar-refractivity contribution in [3.63, 3.8) is 0 Å². The lowest BCUT2D eigenvalue weighted by atomic mass is 9.84. The number of benzene rings is 1. The molecule has 3 N–H and O–H groups in total. The molecule has 0 aromatic heterocycles. The summed E-state index contributed by atoms with van der Waals surface area (Å²) in [6.45, 7) is 2.02. The number of hydrogen-bond donors (Lipinski definition) is 2. The van der Waals surface area contributed by atoms with Crippen LogP contribution in [0.25, 0.3) is 0 Å². The third kappa shape index (κ3) is 5.52. The number of rotatable bonds is 6. The summed E-state index contributed by atoms with van der Waals surface area (Å²) in [4.78, 5) is 1.04. The maximum Gasteiger partial charge on any atom is 0.212 e. The van der Waals surface area contributed by atoms with Gasteiger partial charge in [0, 0.05) is 21.9 Å². The van der Waals surface area contributed by atoms with Gasteiger partial charge in [0.15, 0.2) is 0 Å². The summed E-state index contributed by atoms with van der Waals surface area (Å²) >= 11 is 1.54. The molecule has 0 spiro atoms. The van der Waals surface area contributed by atoms with Crippen LogP contribution in [0.15, 0.2) is 29.2 Å². The van der Waals surface area contributed by atoms with Crippen molar-refractivity contribution in [1.82, 2.24) is 4.72 Å². The van der Waals surface area contributed by atoms with Crippen LogP contribution in [0.4, 0.5) is 5.69 Å². The molecule has 4 nitrogen and oxygen atoms in total. The van der Waals surface area contributed by atoms with Gasteiger partial charge in [-0.25, -0.2) is 13.1 Å². The Balaban J connectivity index is 1.82. The maximum absolute atomic E-state index is 12.2. The van der Waals surface area contributed by atoms with E-state index in [4.69, 9.17) is 5.73 Å². The molecule has 0 atom stereocenters. The first kappa shape index (κ1) is 16.6. The number of nitrogens with one attached hydrogen (secondary N) is 1. The lowest BCUT2D eigenvalue weighted by Gasteiger charge is -2.34. The fraction of sp³-hybridized carbons (Fsp3) is 0.600. The zero-order valence-corrected chi connectivity index (χ0v) is 14.1. The average molecular weight is 329 g/mol. The highest BCUT2D eigenvalue weighted by molar-refractivity contribution is 8.00. The van der Waals surface area contributed by atoms with Crippen LogP contribution in [0.1, 0.15) is 39.0 Å². The highest BCUT2D eigenvalue weighted by Gasteiger charge is 2.30. The minimum absolute atomic E-state index is 0.150. The molecule has 1 aromatic rings. The molecule has 0 saturated heterocycles. The third-order valence-electron chi connectivity index (χ3n) is 3.86. The molecular formula is C15H24N2O2S2. The van der Waals surface area contributed by atoms with Gasteiger partial charge in [-0.2, -0.15) is 0 Å². The highest BCUT2D eigenvalue weighted by atomic mass is 32.2. The number of nitrogen functional groups attached to an aromatic ring is 1. The first-order chi connectivity index (χ1) is 9.89. The Kier molecular flexibility index (Phi) is 5.57. The third-order valence-corrected chi connectivity index (χ3v) is 6.68. The van der Waals surface area contributed by atoms with Gasteiger partial charge in [-0.1, -0.05) is 19.3 Å². The van der Waals surface area contributed by atoms with Crippen LogP contribution >= 0.6 is 11.8 Å². The fourth-order valence-corrected chi connectivity index (χ4v) is 5.53. The molecule has 1 saturated carbocycles. The normalized spacial score (nSPS) is 18.5. The van der Waals surface area contributed by atoms with Gasteiger partial charge in [-0.3, -0.25) is 0 Å². The Morgan fingerprint density at radius 1 is 1.19 bits per heavy atom. The van der Waals surface area contributed by atoms with E-state index in [1.165, 1.54) is 6.42 Å². The Hall–Kier alpha value is -0.720. The van der Waals surface area contributed by atoms with Crippen molar-refractivity contribution in [2.24, 2.45) is 0 Å².